The molecule has 0 amide bonds. The second-order valence-electron chi connectivity index (χ2n) is 4.15. The Morgan fingerprint density at radius 3 is 2.50 bits per heavy atom. The summed E-state index contributed by atoms with van der Waals surface area (Å²) >= 11 is 1.38. The quantitative estimate of drug-likeness (QED) is 0.919. The maximum absolute atomic E-state index is 10.9. The van der Waals surface area contributed by atoms with Crippen molar-refractivity contribution in [2.45, 2.75) is 6.04 Å². The predicted molar refractivity (Wildman–Crippen MR) is 71.0 cm³/mol. The highest BCUT2D eigenvalue weighted by Crippen LogP contribution is 2.28. The lowest BCUT2D eigenvalue weighted by atomic mass is 10.1. The van der Waals surface area contributed by atoms with E-state index in [4.69, 9.17) is 5.11 Å². The Labute approximate surface area is 110 Å². The number of aromatic nitrogens is 1. The first kappa shape index (κ1) is 12.7. The molecule has 0 aliphatic rings. The number of carboxylic acids is 1. The van der Waals surface area contributed by atoms with Gasteiger partial charge in [0.1, 0.15) is 5.01 Å². The number of carboxylic acid groups (broad SMARTS) is 1. The van der Waals surface area contributed by atoms with Crippen molar-refractivity contribution in [1.82, 2.24) is 9.88 Å². The Bertz CT molecular complexity index is 537. The lowest BCUT2D eigenvalue weighted by molar-refractivity contribution is 0.0691. The summed E-state index contributed by atoms with van der Waals surface area (Å²) in [4.78, 5) is 17.1. The van der Waals surface area contributed by atoms with Crippen LogP contribution in [0.15, 0.2) is 35.7 Å². The van der Waals surface area contributed by atoms with Crippen LogP contribution in [-0.2, 0) is 0 Å². The van der Waals surface area contributed by atoms with Crippen molar-refractivity contribution in [3.63, 3.8) is 0 Å². The molecule has 0 bridgehead atoms. The van der Waals surface area contributed by atoms with Crippen molar-refractivity contribution < 1.29 is 9.90 Å². The number of hydrogen-bond acceptors (Lipinski definition) is 4. The van der Waals surface area contributed by atoms with E-state index >= 15 is 0 Å². The van der Waals surface area contributed by atoms with Gasteiger partial charge in [-0.15, -0.1) is 11.3 Å². The smallest absolute Gasteiger partial charge is 0.355 e. The molecule has 1 N–H and O–H groups in total. The van der Waals surface area contributed by atoms with E-state index in [1.54, 1.807) is 5.38 Å². The summed E-state index contributed by atoms with van der Waals surface area (Å²) in [5.41, 5.74) is 1.21. The molecule has 0 aliphatic carbocycles. The van der Waals surface area contributed by atoms with Crippen LogP contribution >= 0.6 is 11.3 Å². The highest BCUT2D eigenvalue weighted by atomic mass is 32.1. The maximum atomic E-state index is 10.9. The molecule has 4 nitrogen and oxygen atoms in total. The van der Waals surface area contributed by atoms with Gasteiger partial charge < -0.3 is 5.11 Å². The van der Waals surface area contributed by atoms with Crippen molar-refractivity contribution in [2.24, 2.45) is 0 Å². The highest BCUT2D eigenvalue weighted by Gasteiger charge is 2.21. The summed E-state index contributed by atoms with van der Waals surface area (Å²) < 4.78 is 0. The van der Waals surface area contributed by atoms with Crippen molar-refractivity contribution in [1.29, 1.82) is 0 Å². The van der Waals surface area contributed by atoms with Gasteiger partial charge >= 0.3 is 5.97 Å². The number of aromatic carboxylic acids is 1. The molecule has 2 rings (SSSR count). The molecular formula is C13H14N2O2S. The summed E-state index contributed by atoms with van der Waals surface area (Å²) in [7, 11) is 3.92. The van der Waals surface area contributed by atoms with Crippen molar-refractivity contribution in [2.75, 3.05) is 14.1 Å². The zero-order chi connectivity index (χ0) is 13.1. The lowest BCUT2D eigenvalue weighted by Crippen LogP contribution is -2.21. The van der Waals surface area contributed by atoms with Gasteiger partial charge in [0.25, 0.3) is 0 Å². The minimum absolute atomic E-state index is 0.00991. The van der Waals surface area contributed by atoms with E-state index in [2.05, 4.69) is 4.98 Å². The van der Waals surface area contributed by atoms with Gasteiger partial charge in [-0.2, -0.15) is 0 Å². The summed E-state index contributed by atoms with van der Waals surface area (Å²) in [6.07, 6.45) is 0. The van der Waals surface area contributed by atoms with E-state index in [9.17, 15) is 4.79 Å². The van der Waals surface area contributed by atoms with Gasteiger partial charge in [-0.05, 0) is 19.7 Å². The number of nitrogens with zero attached hydrogens (tertiary/aromatic N) is 2. The monoisotopic (exact) mass is 262 g/mol. The maximum Gasteiger partial charge on any atom is 0.355 e. The van der Waals surface area contributed by atoms with Crippen LogP contribution in [-0.4, -0.2) is 35.1 Å². The molecule has 18 heavy (non-hydrogen) atoms. The third kappa shape index (κ3) is 2.57. The second kappa shape index (κ2) is 5.29. The molecule has 1 aromatic heterocycles. The van der Waals surface area contributed by atoms with Crippen LogP contribution in [0.1, 0.15) is 27.1 Å². The third-order valence-corrected chi connectivity index (χ3v) is 3.50. The van der Waals surface area contributed by atoms with E-state index in [0.29, 0.717) is 0 Å². The van der Waals surface area contributed by atoms with Gasteiger partial charge in [-0.1, -0.05) is 30.3 Å². The van der Waals surface area contributed by atoms with Gasteiger partial charge in [0.2, 0.25) is 0 Å². The van der Waals surface area contributed by atoms with Gasteiger partial charge in [-0.3, -0.25) is 4.90 Å². The number of thiazole rings is 1. The Balaban J connectivity index is 2.39. The molecule has 0 saturated carbocycles. The molecule has 5 heteroatoms. The number of rotatable bonds is 4. The largest absolute Gasteiger partial charge is 0.476 e. The Morgan fingerprint density at radius 1 is 1.33 bits per heavy atom. The molecule has 1 aromatic carbocycles. The molecule has 94 valence electrons. The molecule has 0 radical (unpaired) electrons. The van der Waals surface area contributed by atoms with E-state index in [-0.39, 0.29) is 11.7 Å². The summed E-state index contributed by atoms with van der Waals surface area (Å²) in [5.74, 6) is -0.983. The summed E-state index contributed by atoms with van der Waals surface area (Å²) in [6.45, 7) is 0. The molecule has 0 saturated heterocycles. The van der Waals surface area contributed by atoms with Gasteiger partial charge in [0, 0.05) is 5.38 Å². The van der Waals surface area contributed by atoms with Crippen LogP contribution in [0.3, 0.4) is 0 Å². The standard InChI is InChI=1S/C13H14N2O2S/c1-15(2)11(9-6-4-3-5-7-9)12-14-10(8-18-12)13(16)17/h3-8,11H,1-2H3,(H,16,17). The van der Waals surface area contributed by atoms with Crippen LogP contribution in [0.5, 0.6) is 0 Å². The van der Waals surface area contributed by atoms with E-state index < -0.39 is 5.97 Å². The Morgan fingerprint density at radius 2 is 2.00 bits per heavy atom. The van der Waals surface area contributed by atoms with Gasteiger partial charge in [0.05, 0.1) is 6.04 Å². The fraction of sp³-hybridized carbons (Fsp3) is 0.231. The average molecular weight is 262 g/mol. The molecule has 0 fully saturated rings. The first-order chi connectivity index (χ1) is 8.59. The van der Waals surface area contributed by atoms with Crippen LogP contribution in [0.2, 0.25) is 0 Å². The van der Waals surface area contributed by atoms with E-state index in [1.807, 2.05) is 49.3 Å². The van der Waals surface area contributed by atoms with Crippen LogP contribution in [0.4, 0.5) is 0 Å². The zero-order valence-electron chi connectivity index (χ0n) is 10.2. The first-order valence-electron chi connectivity index (χ1n) is 5.49. The molecule has 1 heterocycles. The fourth-order valence-electron chi connectivity index (χ4n) is 1.81. The summed E-state index contributed by atoms with van der Waals surface area (Å²) in [5, 5.41) is 11.3. The number of carbonyl (C=O) groups is 1. The van der Waals surface area contributed by atoms with Crippen molar-refractivity contribution in [3.05, 3.63) is 52.0 Å². The minimum atomic E-state index is -0.983. The fourth-order valence-corrected chi connectivity index (χ4v) is 2.82. The second-order valence-corrected chi connectivity index (χ2v) is 5.04. The minimum Gasteiger partial charge on any atom is -0.476 e. The number of hydrogen-bond donors (Lipinski definition) is 1. The average Bonchev–Trinajstić information content (AvgIpc) is 2.79. The van der Waals surface area contributed by atoms with Gasteiger partial charge in [0.15, 0.2) is 5.69 Å². The molecule has 1 unspecified atom stereocenters. The number of benzene rings is 1. The van der Waals surface area contributed by atoms with Crippen LogP contribution in [0, 0.1) is 0 Å². The molecule has 2 aromatic rings. The Kier molecular flexibility index (Phi) is 3.74. The lowest BCUT2D eigenvalue weighted by Gasteiger charge is -2.22. The normalized spacial score (nSPS) is 12.6. The van der Waals surface area contributed by atoms with Crippen LogP contribution < -0.4 is 0 Å². The Hall–Kier alpha value is -1.72. The molecule has 0 aliphatic heterocycles. The predicted octanol–water partition coefficient (Wildman–Crippen LogP) is 2.49. The van der Waals surface area contributed by atoms with E-state index in [1.165, 1.54) is 11.3 Å². The van der Waals surface area contributed by atoms with E-state index in [0.717, 1.165) is 10.6 Å². The molecular weight excluding hydrogens is 248 g/mol. The third-order valence-electron chi connectivity index (χ3n) is 2.61. The molecule has 0 spiro atoms. The zero-order valence-corrected chi connectivity index (χ0v) is 11.0. The molecule has 1 atom stereocenters. The first-order valence-corrected chi connectivity index (χ1v) is 6.37. The van der Waals surface area contributed by atoms with Crippen LogP contribution in [0.25, 0.3) is 0 Å². The highest BCUT2D eigenvalue weighted by molar-refractivity contribution is 7.10. The van der Waals surface area contributed by atoms with Gasteiger partial charge in [-0.25, -0.2) is 9.78 Å². The van der Waals surface area contributed by atoms with Crippen molar-refractivity contribution >= 4 is 17.3 Å². The summed E-state index contributed by atoms with van der Waals surface area (Å²) in [6, 6.07) is 9.93. The topological polar surface area (TPSA) is 53.4 Å². The SMILES string of the molecule is CN(C)C(c1ccccc1)c1nc(C(=O)O)cs1. The van der Waals surface area contributed by atoms with Crippen molar-refractivity contribution in [3.8, 4) is 0 Å².